The first kappa shape index (κ1) is 19.9. The van der Waals surface area contributed by atoms with Crippen LogP contribution in [0, 0.1) is 0 Å². The van der Waals surface area contributed by atoms with E-state index in [4.69, 9.17) is 9.84 Å². The minimum absolute atomic E-state index is 0.0250. The van der Waals surface area contributed by atoms with Gasteiger partial charge in [-0.1, -0.05) is 60.7 Å². The Bertz CT molecular complexity index is 1020. The number of carbonyl (C=O) groups is 1. The second-order valence-electron chi connectivity index (χ2n) is 7.46. The number of amides is 1. The molecule has 5 nitrogen and oxygen atoms in total. The van der Waals surface area contributed by atoms with Crippen LogP contribution in [0.1, 0.15) is 29.8 Å². The molecule has 30 heavy (non-hydrogen) atoms. The number of nitrogens with zero attached hydrogens (tertiary/aromatic N) is 2. The van der Waals surface area contributed by atoms with Crippen LogP contribution < -0.4 is 9.64 Å². The molecule has 0 spiro atoms. The highest BCUT2D eigenvalue weighted by Crippen LogP contribution is 2.23. The van der Waals surface area contributed by atoms with Crippen LogP contribution in [0.3, 0.4) is 0 Å². The lowest BCUT2D eigenvalue weighted by molar-refractivity contribution is -0.936. The highest BCUT2D eigenvalue weighted by molar-refractivity contribution is 5.99. The van der Waals surface area contributed by atoms with Gasteiger partial charge in [0, 0.05) is 11.1 Å². The summed E-state index contributed by atoms with van der Waals surface area (Å²) in [7, 11) is 1.65. The van der Waals surface area contributed by atoms with Crippen molar-refractivity contribution in [2.75, 3.05) is 13.7 Å². The van der Waals surface area contributed by atoms with E-state index in [1.165, 1.54) is 5.56 Å². The molecule has 0 aliphatic carbocycles. The van der Waals surface area contributed by atoms with Gasteiger partial charge in [-0.05, 0) is 36.8 Å². The monoisotopic (exact) mass is 400 g/mol. The van der Waals surface area contributed by atoms with Crippen molar-refractivity contribution in [2.24, 2.45) is 5.10 Å². The van der Waals surface area contributed by atoms with Crippen LogP contribution in [0.15, 0.2) is 90.0 Å². The van der Waals surface area contributed by atoms with Crippen molar-refractivity contribution in [3.8, 4) is 5.75 Å². The summed E-state index contributed by atoms with van der Waals surface area (Å²) in [5.74, 6) is 0.820. The molecule has 1 fully saturated rings. The molecule has 1 heterocycles. The number of nitrogens with one attached hydrogen (secondary N) is 1. The summed E-state index contributed by atoms with van der Waals surface area (Å²) >= 11 is 0. The predicted octanol–water partition coefficient (Wildman–Crippen LogP) is 3.05. The van der Waals surface area contributed by atoms with Crippen molar-refractivity contribution in [1.82, 2.24) is 5.01 Å². The Morgan fingerprint density at radius 1 is 1.00 bits per heavy atom. The van der Waals surface area contributed by atoms with E-state index in [-0.39, 0.29) is 12.1 Å². The quantitative estimate of drug-likeness (QED) is 0.647. The molecule has 1 aliphatic heterocycles. The zero-order valence-corrected chi connectivity index (χ0v) is 17.3. The number of hydrazone groups is 1. The third-order valence-corrected chi connectivity index (χ3v) is 5.42. The Hall–Kier alpha value is -3.44. The molecule has 1 N–H and O–H groups in total. The van der Waals surface area contributed by atoms with Crippen molar-refractivity contribution >= 4 is 11.6 Å². The summed E-state index contributed by atoms with van der Waals surface area (Å²) in [6, 6.07) is 28.1. The van der Waals surface area contributed by atoms with Gasteiger partial charge in [-0.2, -0.15) is 10.1 Å². The van der Waals surface area contributed by atoms with Gasteiger partial charge < -0.3 is 4.74 Å². The zero-order chi connectivity index (χ0) is 20.9. The average Bonchev–Trinajstić information content (AvgIpc) is 3.09. The summed E-state index contributed by atoms with van der Waals surface area (Å²) in [6.07, 6.45) is -0.192. The molecular formula is C25H26N3O2+. The van der Waals surface area contributed by atoms with Gasteiger partial charge in [0.15, 0.2) is 6.54 Å². The fourth-order valence-electron chi connectivity index (χ4n) is 3.88. The van der Waals surface area contributed by atoms with Crippen molar-refractivity contribution < 1.29 is 14.4 Å². The maximum Gasteiger partial charge on any atom is 0.303 e. The number of carbonyl (C=O) groups excluding carboxylic acids is 1. The largest absolute Gasteiger partial charge is 0.497 e. The number of benzene rings is 3. The summed E-state index contributed by atoms with van der Waals surface area (Å²) in [4.78, 5) is 14.2. The topological polar surface area (TPSA) is 46.3 Å². The van der Waals surface area contributed by atoms with Gasteiger partial charge in [0.2, 0.25) is 6.17 Å². The number of ether oxygens (including phenoxy) is 1. The first-order chi connectivity index (χ1) is 14.7. The molecule has 3 aromatic carbocycles. The van der Waals surface area contributed by atoms with Crippen LogP contribution in [-0.2, 0) is 11.3 Å². The van der Waals surface area contributed by atoms with E-state index >= 15 is 0 Å². The SMILES string of the molecule is COc1ccc([C@@H]2N(/N=C(/C)c3ccccc3)C(=O)C[NH+]2Cc2ccccc2)cc1. The summed E-state index contributed by atoms with van der Waals surface area (Å²) in [5, 5.41) is 6.42. The second-order valence-corrected chi connectivity index (χ2v) is 7.46. The third kappa shape index (κ3) is 4.26. The first-order valence-corrected chi connectivity index (χ1v) is 10.1. The minimum Gasteiger partial charge on any atom is -0.497 e. The Morgan fingerprint density at radius 2 is 1.63 bits per heavy atom. The highest BCUT2D eigenvalue weighted by Gasteiger charge is 2.43. The molecule has 1 saturated heterocycles. The smallest absolute Gasteiger partial charge is 0.303 e. The Balaban J connectivity index is 1.70. The molecule has 3 aromatic rings. The first-order valence-electron chi connectivity index (χ1n) is 10.1. The number of methoxy groups -OCH3 is 1. The molecule has 1 unspecified atom stereocenters. The maximum atomic E-state index is 13.0. The van der Waals surface area contributed by atoms with Crippen LogP contribution in [-0.4, -0.2) is 30.3 Å². The van der Waals surface area contributed by atoms with Gasteiger partial charge in [-0.3, -0.25) is 9.69 Å². The average molecular weight is 401 g/mol. The molecule has 152 valence electrons. The van der Waals surface area contributed by atoms with E-state index in [1.807, 2.05) is 79.7 Å². The molecule has 1 aliphatic rings. The third-order valence-electron chi connectivity index (χ3n) is 5.42. The molecule has 0 radical (unpaired) electrons. The standard InChI is InChI=1S/C25H25N3O2/c1-19(21-11-7-4-8-12-21)26-28-24(29)18-27(17-20-9-5-3-6-10-20)25(28)22-13-15-23(30-2)16-14-22/h3-16,25H,17-18H2,1-2H3/p+1/b26-19-/t25-/m0/s1. The van der Waals surface area contributed by atoms with E-state index in [1.54, 1.807) is 12.1 Å². The van der Waals surface area contributed by atoms with Crippen LogP contribution in [0.2, 0.25) is 0 Å². The molecule has 4 rings (SSSR count). The zero-order valence-electron chi connectivity index (χ0n) is 17.3. The number of rotatable bonds is 6. The number of hydrogen-bond acceptors (Lipinski definition) is 3. The van der Waals surface area contributed by atoms with Crippen molar-refractivity contribution in [2.45, 2.75) is 19.6 Å². The van der Waals surface area contributed by atoms with Crippen LogP contribution in [0.25, 0.3) is 0 Å². The molecule has 0 saturated carbocycles. The summed E-state index contributed by atoms with van der Waals surface area (Å²) in [5.41, 5.74) is 4.07. The van der Waals surface area contributed by atoms with E-state index in [0.717, 1.165) is 34.0 Å². The summed E-state index contributed by atoms with van der Waals surface area (Å²) < 4.78 is 5.31. The van der Waals surface area contributed by atoms with E-state index in [2.05, 4.69) is 12.1 Å². The van der Waals surface area contributed by atoms with Crippen molar-refractivity contribution in [3.63, 3.8) is 0 Å². The molecule has 0 bridgehead atoms. The fourth-order valence-corrected chi connectivity index (χ4v) is 3.88. The van der Waals surface area contributed by atoms with E-state index in [9.17, 15) is 4.79 Å². The minimum atomic E-state index is -0.192. The number of quaternary nitrogens is 1. The molecule has 1 amide bonds. The molecule has 5 heteroatoms. The van der Waals surface area contributed by atoms with Gasteiger partial charge in [-0.15, -0.1) is 0 Å². The van der Waals surface area contributed by atoms with Gasteiger partial charge in [0.1, 0.15) is 12.3 Å². The van der Waals surface area contributed by atoms with E-state index < -0.39 is 0 Å². The van der Waals surface area contributed by atoms with Crippen molar-refractivity contribution in [1.29, 1.82) is 0 Å². The normalized spacial score (nSPS) is 19.2. The second kappa shape index (κ2) is 8.93. The Labute approximate surface area is 177 Å². The van der Waals surface area contributed by atoms with Crippen LogP contribution in [0.5, 0.6) is 5.75 Å². The number of hydrogen-bond donors (Lipinski definition) is 1. The van der Waals surface area contributed by atoms with Gasteiger partial charge in [0.25, 0.3) is 0 Å². The maximum absolute atomic E-state index is 13.0. The molecular weight excluding hydrogens is 374 g/mol. The highest BCUT2D eigenvalue weighted by atomic mass is 16.5. The van der Waals surface area contributed by atoms with Gasteiger partial charge in [-0.25, -0.2) is 0 Å². The lowest BCUT2D eigenvalue weighted by atomic mass is 10.1. The molecule has 2 atom stereocenters. The Kier molecular flexibility index (Phi) is 5.91. The fraction of sp³-hybridized carbons (Fsp3) is 0.200. The van der Waals surface area contributed by atoms with E-state index in [0.29, 0.717) is 6.54 Å². The van der Waals surface area contributed by atoms with Crippen LogP contribution >= 0.6 is 0 Å². The predicted molar refractivity (Wildman–Crippen MR) is 117 cm³/mol. The van der Waals surface area contributed by atoms with Crippen LogP contribution in [0.4, 0.5) is 0 Å². The van der Waals surface area contributed by atoms with Gasteiger partial charge >= 0.3 is 5.91 Å². The van der Waals surface area contributed by atoms with Crippen molar-refractivity contribution in [3.05, 3.63) is 102 Å². The Morgan fingerprint density at radius 3 is 2.27 bits per heavy atom. The molecule has 0 aromatic heterocycles. The van der Waals surface area contributed by atoms with Gasteiger partial charge in [0.05, 0.1) is 12.8 Å². The lowest BCUT2D eigenvalue weighted by Crippen LogP contribution is -3.09. The summed E-state index contributed by atoms with van der Waals surface area (Å²) in [6.45, 7) is 3.10. The lowest BCUT2D eigenvalue weighted by Gasteiger charge is -2.25.